The minimum atomic E-state index is -4.66. The zero-order chi connectivity index (χ0) is 22.7. The van der Waals surface area contributed by atoms with Gasteiger partial charge in [-0.25, -0.2) is 0 Å². The number of nitrogens with zero attached hydrogens (tertiary/aromatic N) is 1. The second-order valence-electron chi connectivity index (χ2n) is 10.0. The lowest BCUT2D eigenvalue weighted by molar-refractivity contribution is -0.299. The molecule has 1 aliphatic heterocycles. The third-order valence-electron chi connectivity index (χ3n) is 8.72. The number of fused-ring (bicyclic) bond motifs is 4. The normalized spacial score (nSPS) is 36.5. The van der Waals surface area contributed by atoms with E-state index in [4.69, 9.17) is 4.74 Å². The van der Waals surface area contributed by atoms with Crippen molar-refractivity contribution in [2.45, 2.75) is 69.7 Å². The van der Waals surface area contributed by atoms with Crippen LogP contribution in [0.4, 0.5) is 13.2 Å². The van der Waals surface area contributed by atoms with Gasteiger partial charge in [0.2, 0.25) is 0 Å². The second-order valence-corrected chi connectivity index (χ2v) is 10.0. The van der Waals surface area contributed by atoms with Crippen molar-refractivity contribution in [1.29, 1.82) is 0 Å². The monoisotopic (exact) mass is 447 g/mol. The highest BCUT2D eigenvalue weighted by atomic mass is 19.4. The summed E-state index contributed by atoms with van der Waals surface area (Å²) in [7, 11) is 0. The van der Waals surface area contributed by atoms with Crippen molar-refractivity contribution in [3.8, 4) is 0 Å². The minimum absolute atomic E-state index is 0.0247. The van der Waals surface area contributed by atoms with E-state index in [1.807, 2.05) is 30.5 Å². The van der Waals surface area contributed by atoms with Crippen LogP contribution in [0.2, 0.25) is 0 Å². The van der Waals surface area contributed by atoms with Crippen LogP contribution in [0.1, 0.15) is 62.5 Å². The molecule has 1 heterocycles. The summed E-state index contributed by atoms with van der Waals surface area (Å²) in [6, 6.07) is 7.50. The van der Waals surface area contributed by atoms with Crippen molar-refractivity contribution in [2.75, 3.05) is 6.61 Å². The number of halogens is 3. The number of rotatable bonds is 3. The van der Waals surface area contributed by atoms with Crippen LogP contribution >= 0.6 is 0 Å². The Morgan fingerprint density at radius 3 is 2.62 bits per heavy atom. The molecule has 1 N–H and O–H groups in total. The van der Waals surface area contributed by atoms with E-state index in [0.29, 0.717) is 13.0 Å². The summed E-state index contributed by atoms with van der Waals surface area (Å²) < 4.78 is 48.1. The summed E-state index contributed by atoms with van der Waals surface area (Å²) in [6.45, 7) is 2.31. The Balaban J connectivity index is 1.65. The third kappa shape index (κ3) is 3.00. The fourth-order valence-electron chi connectivity index (χ4n) is 7.14. The van der Waals surface area contributed by atoms with Crippen molar-refractivity contribution in [2.24, 2.45) is 22.4 Å². The minimum Gasteiger partial charge on any atom is -0.501 e. The van der Waals surface area contributed by atoms with Gasteiger partial charge in [-0.05, 0) is 66.2 Å². The molecule has 0 amide bonds. The third-order valence-corrected chi connectivity index (χ3v) is 8.72. The Hall–Kier alpha value is -2.15. The molecule has 3 aliphatic carbocycles. The standard InChI is InChI=1S/C25H28F3NO3/c1-23-12-20(16-4-2-15(3-5-16)13-29-31)22-18-9-11-32-14-17(18)6-7-19(22)21(23)8-10-24(23,30)25(26,27)28/h2-5,14,19-21,30H,6-13H2,1H3/t19?,20?,21?,23-,24?/m0/s1. The maximum atomic E-state index is 14.2. The first-order valence-electron chi connectivity index (χ1n) is 11.4. The number of aliphatic hydroxyl groups is 1. The zero-order valence-electron chi connectivity index (χ0n) is 18.1. The molecule has 2 saturated carbocycles. The molecule has 1 aromatic rings. The first-order valence-corrected chi connectivity index (χ1v) is 11.4. The average molecular weight is 447 g/mol. The molecule has 0 radical (unpaired) electrons. The molecule has 0 spiro atoms. The molecule has 4 unspecified atom stereocenters. The van der Waals surface area contributed by atoms with Crippen molar-refractivity contribution < 1.29 is 23.0 Å². The van der Waals surface area contributed by atoms with Crippen molar-refractivity contribution in [1.82, 2.24) is 0 Å². The van der Waals surface area contributed by atoms with E-state index in [0.717, 1.165) is 30.4 Å². The van der Waals surface area contributed by atoms with Crippen LogP contribution in [0, 0.1) is 22.2 Å². The van der Waals surface area contributed by atoms with Crippen LogP contribution in [0.3, 0.4) is 0 Å². The predicted molar refractivity (Wildman–Crippen MR) is 114 cm³/mol. The van der Waals surface area contributed by atoms with Gasteiger partial charge < -0.3 is 9.84 Å². The lowest BCUT2D eigenvalue weighted by Gasteiger charge is -2.54. The summed E-state index contributed by atoms with van der Waals surface area (Å²) >= 11 is 0. The highest BCUT2D eigenvalue weighted by Crippen LogP contribution is 2.69. The van der Waals surface area contributed by atoms with Crippen molar-refractivity contribution >= 4 is 0 Å². The molecule has 7 heteroatoms. The van der Waals surface area contributed by atoms with Crippen LogP contribution in [0.5, 0.6) is 0 Å². The van der Waals surface area contributed by atoms with E-state index in [2.05, 4.69) is 5.18 Å². The van der Waals surface area contributed by atoms with E-state index in [1.165, 1.54) is 16.7 Å². The molecular formula is C25H28F3NO3. The molecule has 0 aromatic heterocycles. The predicted octanol–water partition coefficient (Wildman–Crippen LogP) is 6.16. The number of benzene rings is 1. The smallest absolute Gasteiger partial charge is 0.417 e. The molecule has 5 rings (SSSR count). The molecule has 0 saturated heterocycles. The summed E-state index contributed by atoms with van der Waals surface area (Å²) in [5.41, 5.74) is 1.46. The average Bonchev–Trinajstić information content (AvgIpc) is 3.05. The molecule has 32 heavy (non-hydrogen) atoms. The largest absolute Gasteiger partial charge is 0.501 e. The highest BCUT2D eigenvalue weighted by Gasteiger charge is 2.72. The van der Waals surface area contributed by atoms with Crippen LogP contribution in [0.15, 0.2) is 52.4 Å². The number of hydrogen-bond donors (Lipinski definition) is 1. The number of hydrogen-bond acceptors (Lipinski definition) is 4. The van der Waals surface area contributed by atoms with Gasteiger partial charge in [-0.2, -0.15) is 18.1 Å². The molecule has 172 valence electrons. The highest BCUT2D eigenvalue weighted by molar-refractivity contribution is 5.48. The molecule has 4 aliphatic rings. The molecule has 5 atom stereocenters. The summed E-state index contributed by atoms with van der Waals surface area (Å²) in [5.74, 6) is -0.379. The number of ether oxygens (including phenoxy) is 1. The zero-order valence-corrected chi connectivity index (χ0v) is 18.1. The summed E-state index contributed by atoms with van der Waals surface area (Å²) in [4.78, 5) is 10.6. The van der Waals surface area contributed by atoms with Crippen LogP contribution < -0.4 is 0 Å². The fourth-order valence-corrected chi connectivity index (χ4v) is 7.14. The van der Waals surface area contributed by atoms with Gasteiger partial charge in [0, 0.05) is 17.8 Å². The lowest BCUT2D eigenvalue weighted by Crippen LogP contribution is -2.58. The van der Waals surface area contributed by atoms with Gasteiger partial charge in [0.1, 0.15) is 6.54 Å². The fraction of sp³-hybridized carbons (Fsp3) is 0.600. The van der Waals surface area contributed by atoms with Gasteiger partial charge in [0.05, 0.1) is 12.9 Å². The van der Waals surface area contributed by atoms with E-state index >= 15 is 0 Å². The number of alkyl halides is 3. The van der Waals surface area contributed by atoms with E-state index in [1.54, 1.807) is 6.92 Å². The molecule has 4 nitrogen and oxygen atoms in total. The quantitative estimate of drug-likeness (QED) is 0.565. The van der Waals surface area contributed by atoms with Gasteiger partial charge in [0.25, 0.3) is 0 Å². The molecular weight excluding hydrogens is 419 g/mol. The van der Waals surface area contributed by atoms with Crippen LogP contribution in [0.25, 0.3) is 0 Å². The Morgan fingerprint density at radius 2 is 1.94 bits per heavy atom. The summed E-state index contributed by atoms with van der Waals surface area (Å²) in [6.07, 6.45) is -0.0742. The molecule has 1 aromatic carbocycles. The van der Waals surface area contributed by atoms with E-state index in [-0.39, 0.29) is 37.1 Å². The maximum Gasteiger partial charge on any atom is 0.417 e. The van der Waals surface area contributed by atoms with Gasteiger partial charge >= 0.3 is 6.18 Å². The first-order chi connectivity index (χ1) is 15.2. The molecule has 0 bridgehead atoms. The van der Waals surface area contributed by atoms with Gasteiger partial charge in [-0.3, -0.25) is 0 Å². The van der Waals surface area contributed by atoms with Crippen molar-refractivity contribution in [3.05, 3.63) is 63.3 Å². The summed E-state index contributed by atoms with van der Waals surface area (Å²) in [5, 5.41) is 14.0. The van der Waals surface area contributed by atoms with Gasteiger partial charge in [-0.1, -0.05) is 41.9 Å². The Morgan fingerprint density at radius 1 is 1.19 bits per heavy atom. The first kappa shape index (κ1) is 21.7. The second kappa shape index (κ2) is 7.44. The van der Waals surface area contributed by atoms with Crippen molar-refractivity contribution in [3.63, 3.8) is 0 Å². The number of nitroso groups, excluding NO2 is 1. The van der Waals surface area contributed by atoms with E-state index in [9.17, 15) is 23.2 Å². The Kier molecular flexibility index (Phi) is 5.04. The van der Waals surface area contributed by atoms with Crippen LogP contribution in [-0.4, -0.2) is 23.5 Å². The molecule has 2 fully saturated rings. The topological polar surface area (TPSA) is 58.9 Å². The lowest BCUT2D eigenvalue weighted by atomic mass is 9.51. The SMILES string of the molecule is C[C@]12CC(c3ccc(CN=O)cc3)C3=C4CCOC=C4CCC3C1CCC2(O)C(F)(F)F. The Bertz CT molecular complexity index is 983. The number of allylic oxidation sites excluding steroid dienone is 2. The van der Waals surface area contributed by atoms with Crippen LogP contribution in [-0.2, 0) is 11.3 Å². The Labute approximate surface area is 185 Å². The van der Waals surface area contributed by atoms with Gasteiger partial charge in [-0.15, -0.1) is 0 Å². The van der Waals surface area contributed by atoms with E-state index < -0.39 is 17.2 Å². The maximum absolute atomic E-state index is 14.2. The van der Waals surface area contributed by atoms with Gasteiger partial charge in [0.15, 0.2) is 5.60 Å².